The number of carbonyl (C=O) groups excluding carboxylic acids is 4. The van der Waals surface area contributed by atoms with Gasteiger partial charge in [0.2, 0.25) is 23.6 Å². The number of aromatic nitrogens is 1. The highest BCUT2D eigenvalue weighted by Crippen LogP contribution is 2.17. The summed E-state index contributed by atoms with van der Waals surface area (Å²) < 4.78 is 0. The Labute approximate surface area is 170 Å². The van der Waals surface area contributed by atoms with E-state index in [1.54, 1.807) is 5.38 Å². The first-order valence-corrected chi connectivity index (χ1v) is 10.6. The summed E-state index contributed by atoms with van der Waals surface area (Å²) in [6, 6.07) is 3.80. The molecule has 2 aromatic heterocycles. The Morgan fingerprint density at radius 1 is 1.11 bits per heavy atom. The van der Waals surface area contributed by atoms with Crippen LogP contribution in [0, 0.1) is 0 Å². The topological polar surface area (TPSA) is 108 Å². The van der Waals surface area contributed by atoms with Gasteiger partial charge < -0.3 is 10.6 Å². The average molecular weight is 421 g/mol. The monoisotopic (exact) mass is 420 g/mol. The molecule has 1 aliphatic heterocycles. The van der Waals surface area contributed by atoms with Crippen LogP contribution in [0.5, 0.6) is 0 Å². The van der Waals surface area contributed by atoms with Crippen LogP contribution in [-0.4, -0.2) is 46.6 Å². The van der Waals surface area contributed by atoms with Crippen molar-refractivity contribution in [2.24, 2.45) is 0 Å². The molecule has 2 aromatic rings. The number of anilines is 1. The molecule has 10 heteroatoms. The van der Waals surface area contributed by atoms with Gasteiger partial charge in [-0.2, -0.15) is 0 Å². The third-order valence-corrected chi connectivity index (χ3v) is 5.77. The molecule has 8 nitrogen and oxygen atoms in total. The maximum Gasteiger partial charge on any atom is 0.231 e. The second kappa shape index (κ2) is 9.56. The number of imide groups is 1. The number of nitrogens with one attached hydrogen (secondary N) is 2. The van der Waals surface area contributed by atoms with E-state index in [1.807, 2.05) is 17.5 Å². The summed E-state index contributed by atoms with van der Waals surface area (Å²) >= 11 is 2.80. The number of thiophene rings is 1. The van der Waals surface area contributed by atoms with Crippen molar-refractivity contribution in [3.63, 3.8) is 0 Å². The Kier molecular flexibility index (Phi) is 6.88. The van der Waals surface area contributed by atoms with Crippen LogP contribution >= 0.6 is 22.7 Å². The van der Waals surface area contributed by atoms with Crippen LogP contribution in [0.3, 0.4) is 0 Å². The summed E-state index contributed by atoms with van der Waals surface area (Å²) in [5.41, 5.74) is 0.582. The number of hydrogen-bond donors (Lipinski definition) is 2. The van der Waals surface area contributed by atoms with Crippen LogP contribution in [0.15, 0.2) is 22.9 Å². The lowest BCUT2D eigenvalue weighted by Crippen LogP contribution is -2.33. The van der Waals surface area contributed by atoms with Gasteiger partial charge >= 0.3 is 0 Å². The van der Waals surface area contributed by atoms with E-state index in [-0.39, 0.29) is 42.9 Å². The van der Waals surface area contributed by atoms with Crippen LogP contribution in [-0.2, 0) is 32.0 Å². The number of rotatable bonds is 9. The third kappa shape index (κ3) is 5.70. The minimum atomic E-state index is -0.194. The van der Waals surface area contributed by atoms with Crippen LogP contribution in [0.2, 0.25) is 0 Å². The van der Waals surface area contributed by atoms with E-state index in [0.717, 1.165) is 4.88 Å². The number of thiazole rings is 1. The summed E-state index contributed by atoms with van der Waals surface area (Å²) in [5.74, 6) is -0.625. The predicted molar refractivity (Wildman–Crippen MR) is 106 cm³/mol. The quantitative estimate of drug-likeness (QED) is 0.473. The van der Waals surface area contributed by atoms with Crippen molar-refractivity contribution in [3.05, 3.63) is 33.5 Å². The van der Waals surface area contributed by atoms with Crippen molar-refractivity contribution in [3.8, 4) is 0 Å². The van der Waals surface area contributed by atoms with Gasteiger partial charge in [-0.1, -0.05) is 6.07 Å². The lowest BCUT2D eigenvalue weighted by molar-refractivity contribution is -0.138. The van der Waals surface area contributed by atoms with Crippen molar-refractivity contribution in [2.45, 2.75) is 32.1 Å². The van der Waals surface area contributed by atoms with Gasteiger partial charge in [-0.3, -0.25) is 24.1 Å². The molecule has 0 bridgehead atoms. The molecule has 1 saturated heterocycles. The Balaban J connectivity index is 1.36. The number of likely N-dealkylation sites (tertiary alicyclic amines) is 1. The van der Waals surface area contributed by atoms with Gasteiger partial charge in [-0.05, 0) is 17.9 Å². The maximum atomic E-state index is 12.0. The third-order valence-electron chi connectivity index (χ3n) is 4.09. The normalized spacial score (nSPS) is 13.8. The fourth-order valence-corrected chi connectivity index (χ4v) is 4.17. The van der Waals surface area contributed by atoms with E-state index in [0.29, 0.717) is 36.8 Å². The van der Waals surface area contributed by atoms with Crippen LogP contribution in [0.4, 0.5) is 5.13 Å². The smallest absolute Gasteiger partial charge is 0.231 e. The average Bonchev–Trinajstić information content (AvgIpc) is 3.37. The van der Waals surface area contributed by atoms with Crippen molar-refractivity contribution in [1.82, 2.24) is 15.2 Å². The second-order valence-corrected chi connectivity index (χ2v) is 8.16. The number of nitrogens with zero attached hydrogens (tertiary/aromatic N) is 2. The van der Waals surface area contributed by atoms with Gasteiger partial charge in [0.05, 0.1) is 18.5 Å². The predicted octanol–water partition coefficient (Wildman–Crippen LogP) is 1.58. The molecule has 1 fully saturated rings. The van der Waals surface area contributed by atoms with Crippen LogP contribution in [0.25, 0.3) is 0 Å². The largest absolute Gasteiger partial charge is 0.356 e. The van der Waals surface area contributed by atoms with Gasteiger partial charge in [0.1, 0.15) is 0 Å². The Hall–Kier alpha value is -2.59. The Morgan fingerprint density at radius 2 is 1.89 bits per heavy atom. The van der Waals surface area contributed by atoms with Gasteiger partial charge in [0.15, 0.2) is 5.13 Å². The minimum Gasteiger partial charge on any atom is -0.356 e. The second-order valence-electron chi connectivity index (χ2n) is 6.27. The molecule has 28 heavy (non-hydrogen) atoms. The summed E-state index contributed by atoms with van der Waals surface area (Å²) in [6.45, 7) is 0.708. The van der Waals surface area contributed by atoms with E-state index in [4.69, 9.17) is 0 Å². The highest BCUT2D eigenvalue weighted by molar-refractivity contribution is 7.14. The summed E-state index contributed by atoms with van der Waals surface area (Å²) in [7, 11) is 0. The molecular weight excluding hydrogens is 400 g/mol. The molecule has 0 aliphatic carbocycles. The van der Waals surface area contributed by atoms with E-state index in [2.05, 4.69) is 15.6 Å². The van der Waals surface area contributed by atoms with Crippen molar-refractivity contribution in [1.29, 1.82) is 0 Å². The zero-order valence-electron chi connectivity index (χ0n) is 15.1. The highest BCUT2D eigenvalue weighted by Gasteiger charge is 2.27. The number of carbonyl (C=O) groups is 4. The van der Waals surface area contributed by atoms with Gasteiger partial charge in [0.25, 0.3) is 0 Å². The van der Waals surface area contributed by atoms with E-state index < -0.39 is 0 Å². The summed E-state index contributed by atoms with van der Waals surface area (Å²) in [4.78, 5) is 53.5. The zero-order valence-corrected chi connectivity index (χ0v) is 16.7. The van der Waals surface area contributed by atoms with Crippen LogP contribution in [0.1, 0.15) is 29.8 Å². The van der Waals surface area contributed by atoms with E-state index in [9.17, 15) is 19.2 Å². The summed E-state index contributed by atoms with van der Waals surface area (Å²) in [5, 5.41) is 9.62. The first kappa shape index (κ1) is 20.2. The molecule has 148 valence electrons. The lowest BCUT2D eigenvalue weighted by atomic mass is 10.3. The molecule has 0 atom stereocenters. The lowest BCUT2D eigenvalue weighted by Gasteiger charge is -2.13. The standard InChI is InChI=1S/C18H20N4O4S2/c23-14(19-6-2-7-22-16(25)4-5-17(22)26)9-12-11-28-18(20-12)21-15(24)10-13-3-1-8-27-13/h1,3,8,11H,2,4-7,9-10H2,(H,19,23)(H,20,21,24). The number of hydrogen-bond acceptors (Lipinski definition) is 7. The molecule has 1 aliphatic rings. The molecule has 3 rings (SSSR count). The molecule has 2 N–H and O–H groups in total. The number of amides is 4. The Bertz CT molecular complexity index is 847. The van der Waals surface area contributed by atoms with Gasteiger partial charge in [0, 0.05) is 36.2 Å². The van der Waals surface area contributed by atoms with Crippen LogP contribution < -0.4 is 10.6 Å². The first-order chi connectivity index (χ1) is 13.5. The zero-order chi connectivity index (χ0) is 19.9. The van der Waals surface area contributed by atoms with Crippen molar-refractivity contribution in [2.75, 3.05) is 18.4 Å². The SMILES string of the molecule is O=C(Cc1csc(NC(=O)Cc2cccs2)n1)NCCCN1C(=O)CCC1=O. The van der Waals surface area contributed by atoms with Gasteiger partial charge in [-0.15, -0.1) is 22.7 Å². The molecule has 0 aromatic carbocycles. The van der Waals surface area contributed by atoms with E-state index in [1.165, 1.54) is 27.6 Å². The molecular formula is C18H20N4O4S2. The van der Waals surface area contributed by atoms with Crippen molar-refractivity contribution < 1.29 is 19.2 Å². The Morgan fingerprint density at radius 3 is 2.61 bits per heavy atom. The highest BCUT2D eigenvalue weighted by atomic mass is 32.1. The summed E-state index contributed by atoms with van der Waals surface area (Å²) in [6.07, 6.45) is 1.49. The molecule has 0 unspecified atom stereocenters. The fourth-order valence-electron chi connectivity index (χ4n) is 2.74. The minimum absolute atomic E-state index is 0.110. The first-order valence-electron chi connectivity index (χ1n) is 8.88. The van der Waals surface area contributed by atoms with E-state index >= 15 is 0 Å². The van der Waals surface area contributed by atoms with Gasteiger partial charge in [-0.25, -0.2) is 4.98 Å². The molecule has 4 amide bonds. The molecule has 0 saturated carbocycles. The molecule has 3 heterocycles. The maximum absolute atomic E-state index is 12.0. The van der Waals surface area contributed by atoms with Crippen molar-refractivity contribution >= 4 is 51.4 Å². The molecule has 0 radical (unpaired) electrons. The molecule has 0 spiro atoms. The fraction of sp³-hybridized carbons (Fsp3) is 0.389.